The van der Waals surface area contributed by atoms with Gasteiger partial charge >= 0.3 is 0 Å². The predicted octanol–water partition coefficient (Wildman–Crippen LogP) is 11.9. The van der Waals surface area contributed by atoms with Gasteiger partial charge in [0.1, 0.15) is 8.07 Å². The summed E-state index contributed by atoms with van der Waals surface area (Å²) in [6, 6.07) is 33.4. The van der Waals surface area contributed by atoms with Crippen molar-refractivity contribution in [3.05, 3.63) is 149 Å². The van der Waals surface area contributed by atoms with Crippen molar-refractivity contribution >= 4 is 24.5 Å². The van der Waals surface area contributed by atoms with Crippen LogP contribution in [0.4, 0.5) is 0 Å². The molecule has 0 spiro atoms. The van der Waals surface area contributed by atoms with Gasteiger partial charge in [-0.1, -0.05) is 198 Å². The zero-order valence-corrected chi connectivity index (χ0v) is 33.3. The molecule has 51 heavy (non-hydrogen) atoms. The number of fused-ring (bicyclic) bond motifs is 4. The van der Waals surface area contributed by atoms with Crippen LogP contribution in [0.2, 0.25) is 5.54 Å². The van der Waals surface area contributed by atoms with Crippen LogP contribution in [0.25, 0.3) is 6.08 Å². The lowest BCUT2D eigenvalue weighted by molar-refractivity contribution is 0.0733. The van der Waals surface area contributed by atoms with Crippen LogP contribution in [-0.4, -0.2) is 8.07 Å². The first-order chi connectivity index (χ1) is 24.3. The Bertz CT molecular complexity index is 1910. The molecule has 0 nitrogen and oxygen atoms in total. The third kappa shape index (κ3) is 4.82. The second kappa shape index (κ2) is 11.3. The van der Waals surface area contributed by atoms with Gasteiger partial charge in [0.25, 0.3) is 0 Å². The molecule has 0 heterocycles. The largest absolute Gasteiger partial charge is 0.139 e. The summed E-state index contributed by atoms with van der Waals surface area (Å²) >= 11 is 0. The van der Waals surface area contributed by atoms with E-state index in [0.29, 0.717) is 34.8 Å². The molecule has 6 aliphatic carbocycles. The molecular formula is C50H58Si. The van der Waals surface area contributed by atoms with Gasteiger partial charge in [-0.2, -0.15) is 0 Å². The van der Waals surface area contributed by atoms with E-state index in [1.807, 2.05) is 11.1 Å². The maximum atomic E-state index is 2.65. The Kier molecular flexibility index (Phi) is 7.40. The van der Waals surface area contributed by atoms with Crippen molar-refractivity contribution in [3.63, 3.8) is 0 Å². The zero-order chi connectivity index (χ0) is 35.6. The van der Waals surface area contributed by atoms with Gasteiger partial charge in [0.15, 0.2) is 0 Å². The van der Waals surface area contributed by atoms with E-state index in [0.717, 1.165) is 0 Å². The van der Waals surface area contributed by atoms with Gasteiger partial charge in [0, 0.05) is 11.1 Å². The minimum atomic E-state index is -2.67. The van der Waals surface area contributed by atoms with Gasteiger partial charge < -0.3 is 0 Å². The van der Waals surface area contributed by atoms with Crippen molar-refractivity contribution in [2.45, 2.75) is 92.2 Å². The molecule has 5 atom stereocenters. The Hall–Kier alpha value is -3.42. The lowest BCUT2D eigenvalue weighted by atomic mass is 9.52. The van der Waals surface area contributed by atoms with E-state index in [-0.39, 0.29) is 21.7 Å². The average Bonchev–Trinajstić information content (AvgIpc) is 3.69. The van der Waals surface area contributed by atoms with E-state index in [9.17, 15) is 0 Å². The molecule has 3 aromatic rings. The third-order valence-corrected chi connectivity index (χ3v) is 21.2. The van der Waals surface area contributed by atoms with Crippen LogP contribution >= 0.6 is 0 Å². The van der Waals surface area contributed by atoms with Gasteiger partial charge in [-0.3, -0.25) is 0 Å². The molecule has 0 radical (unpaired) electrons. The molecule has 0 aliphatic heterocycles. The van der Waals surface area contributed by atoms with E-state index in [1.54, 1.807) is 27.1 Å². The van der Waals surface area contributed by atoms with Gasteiger partial charge in [-0.25, -0.2) is 0 Å². The van der Waals surface area contributed by atoms with E-state index in [2.05, 4.69) is 177 Å². The summed E-state index contributed by atoms with van der Waals surface area (Å²) in [6.45, 7) is 20.3. The Labute approximate surface area is 309 Å². The standard InChI is InChI=1S/C50H58Si/c1-47(2)25-27-49(5,6)43-31-39-37(29-41(43)47)38-30-42-44(50(7,8)28-26-48(42,3)4)32-40(38)46(39)51(34-18-11-9-12-19-34,35-20-13-10-14-21-35)45-24-23-33-17-15-16-22-36(33)45/h9-28,41-46H,29-32H2,1-8H3. The molecular weight excluding hydrogens is 629 g/mol. The molecule has 3 aromatic carbocycles. The highest BCUT2D eigenvalue weighted by Crippen LogP contribution is 2.68. The normalized spacial score (nSPS) is 31.8. The molecule has 9 rings (SSSR count). The number of benzene rings is 3. The molecule has 0 saturated heterocycles. The average molecular weight is 687 g/mol. The summed E-state index contributed by atoms with van der Waals surface area (Å²) < 4.78 is 0. The van der Waals surface area contributed by atoms with Gasteiger partial charge in [-0.15, -0.1) is 0 Å². The lowest BCUT2D eigenvalue weighted by Crippen LogP contribution is -2.66. The smallest absolute Gasteiger partial charge is 0.0820 e. The molecule has 0 saturated carbocycles. The quantitative estimate of drug-likeness (QED) is 0.189. The number of hydrogen-bond acceptors (Lipinski definition) is 0. The maximum Gasteiger partial charge on any atom is 0.139 e. The van der Waals surface area contributed by atoms with Gasteiger partial charge in [0.2, 0.25) is 0 Å². The molecule has 262 valence electrons. The highest BCUT2D eigenvalue weighted by Gasteiger charge is 2.61. The number of allylic oxidation sites excluding steroid dienone is 9. The highest BCUT2D eigenvalue weighted by atomic mass is 28.3. The SMILES string of the molecule is CC1(C)C=CC(C)(C)C2CC3=C(CC21)C1=C(CC2C(C1)C(C)(C)C=CC2(C)C)C3[Si](c1ccccc1)(c1ccccc1)C1C=Cc2ccccc21. The van der Waals surface area contributed by atoms with Gasteiger partial charge in [-0.05, 0) is 93.3 Å². The Morgan fingerprint density at radius 3 is 1.31 bits per heavy atom. The van der Waals surface area contributed by atoms with Crippen molar-refractivity contribution in [2.24, 2.45) is 45.3 Å². The van der Waals surface area contributed by atoms with Crippen molar-refractivity contribution in [1.29, 1.82) is 0 Å². The number of hydrogen-bond donors (Lipinski definition) is 0. The van der Waals surface area contributed by atoms with E-state index >= 15 is 0 Å². The molecule has 5 unspecified atom stereocenters. The van der Waals surface area contributed by atoms with Crippen LogP contribution < -0.4 is 10.4 Å². The Balaban J connectivity index is 1.36. The first-order valence-corrected chi connectivity index (χ1v) is 22.1. The van der Waals surface area contributed by atoms with Crippen molar-refractivity contribution in [2.75, 3.05) is 0 Å². The predicted molar refractivity (Wildman–Crippen MR) is 220 cm³/mol. The van der Waals surface area contributed by atoms with Crippen LogP contribution in [0.3, 0.4) is 0 Å². The van der Waals surface area contributed by atoms with Crippen LogP contribution in [0.1, 0.15) is 97.7 Å². The van der Waals surface area contributed by atoms with Crippen LogP contribution in [0.15, 0.2) is 138 Å². The van der Waals surface area contributed by atoms with E-state index in [1.165, 1.54) is 31.2 Å². The zero-order valence-electron chi connectivity index (χ0n) is 32.3. The fourth-order valence-electron chi connectivity index (χ4n) is 12.6. The Morgan fingerprint density at radius 2 is 0.863 bits per heavy atom. The fourth-order valence-corrected chi connectivity index (χ4v) is 19.0. The molecule has 0 fully saturated rings. The summed E-state index contributed by atoms with van der Waals surface area (Å²) in [4.78, 5) is 0. The fraction of sp³-hybridized carbons (Fsp3) is 0.440. The van der Waals surface area contributed by atoms with Crippen molar-refractivity contribution in [1.82, 2.24) is 0 Å². The Morgan fingerprint density at radius 1 is 0.471 bits per heavy atom. The van der Waals surface area contributed by atoms with Crippen molar-refractivity contribution < 1.29 is 0 Å². The van der Waals surface area contributed by atoms with Crippen LogP contribution in [-0.2, 0) is 0 Å². The summed E-state index contributed by atoms with van der Waals surface area (Å²) in [6.07, 6.45) is 20.4. The highest BCUT2D eigenvalue weighted by molar-refractivity contribution is 7.05. The van der Waals surface area contributed by atoms with Crippen LogP contribution in [0.5, 0.6) is 0 Å². The summed E-state index contributed by atoms with van der Waals surface area (Å²) in [7, 11) is -2.67. The summed E-state index contributed by atoms with van der Waals surface area (Å²) in [5.41, 5.74) is 11.8. The third-order valence-electron chi connectivity index (χ3n) is 15.5. The molecule has 0 bridgehead atoms. The molecule has 0 N–H and O–H groups in total. The summed E-state index contributed by atoms with van der Waals surface area (Å²) in [5, 5.41) is 3.20. The lowest BCUT2D eigenvalue weighted by Gasteiger charge is -2.53. The topological polar surface area (TPSA) is 0 Å². The van der Waals surface area contributed by atoms with Crippen molar-refractivity contribution in [3.8, 4) is 0 Å². The van der Waals surface area contributed by atoms with Gasteiger partial charge in [0.05, 0.1) is 0 Å². The molecule has 6 aliphatic rings. The molecule has 0 amide bonds. The number of rotatable bonds is 4. The first kappa shape index (κ1) is 33.4. The minimum Gasteiger partial charge on any atom is -0.0820 e. The second-order valence-corrected chi connectivity index (χ2v) is 23.8. The summed E-state index contributed by atoms with van der Waals surface area (Å²) in [5.74, 6) is 2.60. The van der Waals surface area contributed by atoms with E-state index in [4.69, 9.17) is 0 Å². The molecule has 0 aromatic heterocycles. The second-order valence-electron chi connectivity index (χ2n) is 19.7. The molecule has 1 heteroatoms. The monoisotopic (exact) mass is 686 g/mol. The van der Waals surface area contributed by atoms with E-state index < -0.39 is 8.07 Å². The minimum absolute atomic E-state index is 0.178. The maximum absolute atomic E-state index is 2.67. The van der Waals surface area contributed by atoms with Crippen LogP contribution in [0, 0.1) is 45.3 Å². The first-order valence-electron chi connectivity index (χ1n) is 20.0.